The Morgan fingerprint density at radius 2 is 2.13 bits per heavy atom. The van der Waals surface area contributed by atoms with Crippen molar-refractivity contribution in [3.8, 4) is 0 Å². The Bertz CT molecular complexity index is 229. The lowest BCUT2D eigenvalue weighted by molar-refractivity contribution is 0.100. The fraction of sp³-hybridized carbons (Fsp3) is 0.846. The van der Waals surface area contributed by atoms with E-state index in [0.717, 1.165) is 6.54 Å². The first-order valence-corrected chi connectivity index (χ1v) is 6.29. The molecular weight excluding hydrogens is 186 g/mol. The van der Waals surface area contributed by atoms with Gasteiger partial charge >= 0.3 is 0 Å². The monoisotopic (exact) mass is 209 g/mol. The summed E-state index contributed by atoms with van der Waals surface area (Å²) in [5.74, 6) is 0.542. The molecule has 2 heteroatoms. The predicted octanol–water partition coefficient (Wildman–Crippen LogP) is 2.24. The molecule has 0 spiro atoms. The number of hydrogen-bond acceptors (Lipinski definition) is 2. The minimum Gasteiger partial charge on any atom is -0.389 e. The summed E-state index contributed by atoms with van der Waals surface area (Å²) in [6.45, 7) is 3.19. The van der Waals surface area contributed by atoms with Crippen molar-refractivity contribution in [3.05, 3.63) is 12.2 Å². The highest BCUT2D eigenvalue weighted by atomic mass is 16.3. The van der Waals surface area contributed by atoms with Crippen molar-refractivity contribution in [1.29, 1.82) is 0 Å². The molecule has 1 unspecified atom stereocenters. The molecule has 0 aromatic rings. The van der Waals surface area contributed by atoms with Crippen LogP contribution in [0.25, 0.3) is 0 Å². The molecule has 2 rings (SSSR count). The van der Waals surface area contributed by atoms with Crippen LogP contribution in [0.1, 0.15) is 45.4 Å². The van der Waals surface area contributed by atoms with Crippen molar-refractivity contribution in [2.75, 3.05) is 6.54 Å². The SMILES string of the molecule is CC1(NC/C=C/C(O)C2CCC2)CCC1. The number of aliphatic hydroxyl groups is 1. The van der Waals surface area contributed by atoms with E-state index in [9.17, 15) is 5.11 Å². The Morgan fingerprint density at radius 3 is 2.60 bits per heavy atom. The van der Waals surface area contributed by atoms with Crippen LogP contribution in [0.15, 0.2) is 12.2 Å². The molecule has 0 bridgehead atoms. The summed E-state index contributed by atoms with van der Waals surface area (Å²) in [6, 6.07) is 0. The lowest BCUT2D eigenvalue weighted by Gasteiger charge is -2.39. The normalized spacial score (nSPS) is 27.3. The molecule has 0 aromatic carbocycles. The van der Waals surface area contributed by atoms with Crippen LogP contribution in [-0.4, -0.2) is 23.3 Å². The van der Waals surface area contributed by atoms with Crippen molar-refractivity contribution in [2.24, 2.45) is 5.92 Å². The summed E-state index contributed by atoms with van der Waals surface area (Å²) in [4.78, 5) is 0. The quantitative estimate of drug-likeness (QED) is 0.681. The standard InChI is InChI=1S/C13H23NO/c1-13(8-4-9-13)14-10-3-7-12(15)11-5-2-6-11/h3,7,11-12,14-15H,2,4-6,8-10H2,1H3/b7-3+. The Labute approximate surface area is 92.8 Å². The van der Waals surface area contributed by atoms with Gasteiger partial charge in [0, 0.05) is 12.1 Å². The Kier molecular flexibility index (Phi) is 3.47. The molecule has 0 heterocycles. The van der Waals surface area contributed by atoms with Gasteiger partial charge in [-0.25, -0.2) is 0 Å². The highest BCUT2D eigenvalue weighted by Crippen LogP contribution is 2.31. The molecule has 2 N–H and O–H groups in total. The summed E-state index contributed by atoms with van der Waals surface area (Å²) < 4.78 is 0. The second-order valence-corrected chi connectivity index (χ2v) is 5.40. The van der Waals surface area contributed by atoms with Crippen LogP contribution < -0.4 is 5.32 Å². The molecule has 0 saturated heterocycles. The second-order valence-electron chi connectivity index (χ2n) is 5.40. The fourth-order valence-corrected chi connectivity index (χ4v) is 2.34. The molecule has 0 amide bonds. The molecule has 2 aliphatic rings. The Morgan fingerprint density at radius 1 is 1.40 bits per heavy atom. The molecule has 15 heavy (non-hydrogen) atoms. The van der Waals surface area contributed by atoms with Crippen LogP contribution in [0.3, 0.4) is 0 Å². The van der Waals surface area contributed by atoms with Gasteiger partial charge in [0.25, 0.3) is 0 Å². The van der Waals surface area contributed by atoms with E-state index in [2.05, 4.69) is 18.3 Å². The van der Waals surface area contributed by atoms with Crippen molar-refractivity contribution < 1.29 is 5.11 Å². The molecule has 2 saturated carbocycles. The molecule has 1 atom stereocenters. The average molecular weight is 209 g/mol. The number of nitrogens with one attached hydrogen (secondary N) is 1. The second kappa shape index (κ2) is 4.67. The van der Waals surface area contributed by atoms with E-state index in [1.165, 1.54) is 38.5 Å². The number of aliphatic hydroxyl groups excluding tert-OH is 1. The van der Waals surface area contributed by atoms with Crippen LogP contribution in [0, 0.1) is 5.92 Å². The maximum atomic E-state index is 9.75. The van der Waals surface area contributed by atoms with Gasteiger partial charge in [-0.2, -0.15) is 0 Å². The topological polar surface area (TPSA) is 32.3 Å². The molecule has 0 aliphatic heterocycles. The summed E-state index contributed by atoms with van der Waals surface area (Å²) in [5.41, 5.74) is 0.381. The maximum absolute atomic E-state index is 9.75. The number of rotatable bonds is 5. The van der Waals surface area contributed by atoms with Gasteiger partial charge < -0.3 is 10.4 Å². The molecule has 2 nitrogen and oxygen atoms in total. The smallest absolute Gasteiger partial charge is 0.0749 e. The first kappa shape index (κ1) is 11.2. The van der Waals surface area contributed by atoms with Crippen molar-refractivity contribution in [2.45, 2.75) is 57.1 Å². The predicted molar refractivity (Wildman–Crippen MR) is 62.7 cm³/mol. The van der Waals surface area contributed by atoms with E-state index in [1.54, 1.807) is 0 Å². The summed E-state index contributed by atoms with van der Waals surface area (Å²) in [6.07, 6.45) is 11.5. The third kappa shape index (κ3) is 2.82. The lowest BCUT2D eigenvalue weighted by atomic mass is 9.78. The van der Waals surface area contributed by atoms with E-state index >= 15 is 0 Å². The highest BCUT2D eigenvalue weighted by Gasteiger charge is 2.30. The van der Waals surface area contributed by atoms with Crippen molar-refractivity contribution in [3.63, 3.8) is 0 Å². The zero-order chi connectivity index (χ0) is 10.7. The summed E-state index contributed by atoms with van der Waals surface area (Å²) in [7, 11) is 0. The number of hydrogen-bond donors (Lipinski definition) is 2. The molecule has 0 radical (unpaired) electrons. The molecular formula is C13H23NO. The van der Waals surface area contributed by atoms with Gasteiger partial charge in [0.05, 0.1) is 6.10 Å². The largest absolute Gasteiger partial charge is 0.389 e. The van der Waals surface area contributed by atoms with Gasteiger partial charge in [0.1, 0.15) is 0 Å². The molecule has 86 valence electrons. The van der Waals surface area contributed by atoms with Crippen LogP contribution >= 0.6 is 0 Å². The molecule has 2 aliphatic carbocycles. The van der Waals surface area contributed by atoms with Gasteiger partial charge in [-0.15, -0.1) is 0 Å². The van der Waals surface area contributed by atoms with Crippen LogP contribution in [0.5, 0.6) is 0 Å². The highest BCUT2D eigenvalue weighted by molar-refractivity contribution is 4.98. The third-order valence-electron chi connectivity index (χ3n) is 4.07. The van der Waals surface area contributed by atoms with E-state index in [0.29, 0.717) is 11.5 Å². The van der Waals surface area contributed by atoms with Crippen molar-refractivity contribution in [1.82, 2.24) is 5.32 Å². The fourth-order valence-electron chi connectivity index (χ4n) is 2.34. The van der Waals surface area contributed by atoms with Gasteiger partial charge in [-0.05, 0) is 44.9 Å². The van der Waals surface area contributed by atoms with Gasteiger partial charge in [-0.1, -0.05) is 18.6 Å². The van der Waals surface area contributed by atoms with Crippen molar-refractivity contribution >= 4 is 0 Å². The first-order chi connectivity index (χ1) is 7.20. The Balaban J connectivity index is 1.61. The van der Waals surface area contributed by atoms with E-state index in [-0.39, 0.29) is 6.10 Å². The van der Waals surface area contributed by atoms with Crippen LogP contribution in [0.4, 0.5) is 0 Å². The minimum absolute atomic E-state index is 0.199. The zero-order valence-electron chi connectivity index (χ0n) is 9.71. The van der Waals surface area contributed by atoms with E-state index in [4.69, 9.17) is 0 Å². The molecule has 0 aromatic heterocycles. The van der Waals surface area contributed by atoms with E-state index < -0.39 is 0 Å². The van der Waals surface area contributed by atoms with Gasteiger partial charge in [0.15, 0.2) is 0 Å². The van der Waals surface area contributed by atoms with E-state index in [1.807, 2.05) is 6.08 Å². The Hall–Kier alpha value is -0.340. The summed E-state index contributed by atoms with van der Waals surface area (Å²) in [5, 5.41) is 13.3. The third-order valence-corrected chi connectivity index (χ3v) is 4.07. The van der Waals surface area contributed by atoms with Crippen LogP contribution in [-0.2, 0) is 0 Å². The maximum Gasteiger partial charge on any atom is 0.0749 e. The minimum atomic E-state index is -0.199. The van der Waals surface area contributed by atoms with Crippen LogP contribution in [0.2, 0.25) is 0 Å². The summed E-state index contributed by atoms with van der Waals surface area (Å²) >= 11 is 0. The van der Waals surface area contributed by atoms with Gasteiger partial charge in [-0.3, -0.25) is 0 Å². The zero-order valence-corrected chi connectivity index (χ0v) is 9.71. The lowest BCUT2D eigenvalue weighted by Crippen LogP contribution is -2.48. The first-order valence-electron chi connectivity index (χ1n) is 6.29. The molecule has 2 fully saturated rings. The average Bonchev–Trinajstić information content (AvgIpc) is 2.06. The van der Waals surface area contributed by atoms with Gasteiger partial charge in [0.2, 0.25) is 0 Å².